The number of fused-ring (bicyclic) bond motifs is 5. The van der Waals surface area contributed by atoms with Crippen molar-refractivity contribution in [2.45, 2.75) is 144 Å². The number of aryl methyl sites for hydroxylation is 2. The van der Waals surface area contributed by atoms with Gasteiger partial charge in [0.15, 0.2) is 11.5 Å². The van der Waals surface area contributed by atoms with E-state index in [1.165, 1.54) is 151 Å². The van der Waals surface area contributed by atoms with Crippen molar-refractivity contribution < 1.29 is 4.74 Å². The summed E-state index contributed by atoms with van der Waals surface area (Å²) in [5.74, 6) is 1.96. The molecule has 0 spiro atoms. The molecule has 7 rings (SSSR count). The Balaban J connectivity index is 0.00000497. The number of hydrogen-bond acceptors (Lipinski definition) is 2. The van der Waals surface area contributed by atoms with Crippen molar-refractivity contribution in [1.29, 1.82) is 0 Å². The van der Waals surface area contributed by atoms with Crippen molar-refractivity contribution in [2.75, 3.05) is 4.90 Å². The van der Waals surface area contributed by atoms with E-state index >= 15 is 0 Å². The molecule has 0 unspecified atom stereocenters. The summed E-state index contributed by atoms with van der Waals surface area (Å²) in [4.78, 5) is 2.60. The largest absolute Gasteiger partial charge is 0.452 e. The van der Waals surface area contributed by atoms with Crippen LogP contribution in [0.25, 0.3) is 22.3 Å². The molecule has 278 valence electrons. The van der Waals surface area contributed by atoms with Crippen LogP contribution in [-0.2, 0) is 5.41 Å². The van der Waals surface area contributed by atoms with Crippen LogP contribution in [0.4, 0.5) is 17.1 Å². The maximum atomic E-state index is 7.36. The van der Waals surface area contributed by atoms with E-state index in [1.807, 2.05) is 0 Å². The summed E-state index contributed by atoms with van der Waals surface area (Å²) in [6.07, 6.45) is 0. The summed E-state index contributed by atoms with van der Waals surface area (Å²) < 4.78 is 7.36. The Hall–Kier alpha value is -5.30. The fourth-order valence-electron chi connectivity index (χ4n) is 10.6. The number of ether oxygens (including phenoxy) is 1. The van der Waals surface area contributed by atoms with Gasteiger partial charge in [-0.15, -0.1) is 16.7 Å². The van der Waals surface area contributed by atoms with Crippen molar-refractivity contribution >= 4 is 17.1 Å². The van der Waals surface area contributed by atoms with Gasteiger partial charge in [0.25, 0.3) is 0 Å². The molecule has 0 saturated heterocycles. The second kappa shape index (κ2) is 12.1. The predicted molar refractivity (Wildman–Crippen MR) is 228 cm³/mol. The van der Waals surface area contributed by atoms with Crippen molar-refractivity contribution in [2.24, 2.45) is 0 Å². The van der Waals surface area contributed by atoms with E-state index in [1.54, 1.807) is 0 Å². The van der Waals surface area contributed by atoms with E-state index in [2.05, 4.69) is 149 Å². The molecule has 54 heavy (non-hydrogen) atoms. The van der Waals surface area contributed by atoms with Crippen LogP contribution in [0.3, 0.4) is 0 Å². The van der Waals surface area contributed by atoms with Gasteiger partial charge in [-0.3, -0.25) is 0 Å². The average Bonchev–Trinajstić information content (AvgIpc) is 3.37. The van der Waals surface area contributed by atoms with E-state index in [9.17, 15) is 0 Å². The first-order valence-corrected chi connectivity index (χ1v) is 19.6. The Morgan fingerprint density at radius 3 is 1.26 bits per heavy atom. The molecule has 0 radical (unpaired) electrons. The molecule has 1 aliphatic carbocycles. The fraction of sp³-hybridized carbons (Fsp3) is 0.412. The normalized spacial score (nSPS) is 13.7. The summed E-state index contributed by atoms with van der Waals surface area (Å²) in [5.41, 5.74) is 35.7. The first-order valence-electron chi connectivity index (χ1n) is 19.6. The molecule has 0 N–H and O–H groups in total. The van der Waals surface area contributed by atoms with Crippen LogP contribution < -0.4 is 9.64 Å². The van der Waals surface area contributed by atoms with Gasteiger partial charge < -0.3 is 9.64 Å². The third kappa shape index (κ3) is 4.53. The van der Waals surface area contributed by atoms with E-state index < -0.39 is 0 Å². The third-order valence-electron chi connectivity index (χ3n) is 14.7. The minimum absolute atomic E-state index is 0. The molecule has 2 aliphatic rings. The zero-order valence-corrected chi connectivity index (χ0v) is 43.5. The van der Waals surface area contributed by atoms with Crippen molar-refractivity contribution in [1.82, 2.24) is 0 Å². The van der Waals surface area contributed by atoms with Crippen LogP contribution >= 0.6 is 0 Å². The molecule has 1 aliphatic heterocycles. The van der Waals surface area contributed by atoms with Crippen molar-refractivity contribution in [3.8, 4) is 33.8 Å². The number of nitrogens with zero attached hydrogens (tertiary/aromatic N) is 1. The van der Waals surface area contributed by atoms with Gasteiger partial charge in [-0.25, -0.2) is 0 Å². The van der Waals surface area contributed by atoms with Gasteiger partial charge in [0.05, 0.1) is 17.1 Å². The predicted octanol–water partition coefficient (Wildman–Crippen LogP) is 14.6. The van der Waals surface area contributed by atoms with E-state index in [0.717, 1.165) is 11.5 Å². The first kappa shape index (κ1) is 38.4. The monoisotopic (exact) mass is 970 g/mol. The molecule has 2 nitrogen and oxygen atoms in total. The van der Waals surface area contributed by atoms with Crippen LogP contribution in [0.5, 0.6) is 11.5 Å². The van der Waals surface area contributed by atoms with Crippen molar-refractivity contribution in [3.63, 3.8) is 0 Å². The van der Waals surface area contributed by atoms with Crippen molar-refractivity contribution in [3.05, 3.63) is 117 Å². The van der Waals surface area contributed by atoms with E-state index in [-0.39, 0.29) is 5.41 Å². The maximum absolute atomic E-state index is 7.36. The molecule has 0 saturated carbocycles. The van der Waals surface area contributed by atoms with Crippen LogP contribution in [0.2, 0.25) is 0 Å². The molecule has 0 atom stereocenters. The molecule has 0 aromatic heterocycles. The van der Waals surface area contributed by atoms with Gasteiger partial charge >= 0.3 is 0 Å². The van der Waals surface area contributed by atoms with Crippen LogP contribution in [0.15, 0.2) is 0 Å². The minimum atomic E-state index is -0.140. The Morgan fingerprint density at radius 2 is 0.722 bits per heavy atom. The second-order valence-corrected chi connectivity index (χ2v) is 17.4. The number of anilines is 3. The summed E-state index contributed by atoms with van der Waals surface area (Å²) in [7, 11) is 0. The van der Waals surface area contributed by atoms with Gasteiger partial charge in [0, 0.05) is 5.56 Å². The van der Waals surface area contributed by atoms with E-state index in [0.29, 0.717) is 0 Å². The van der Waals surface area contributed by atoms with Gasteiger partial charge in [-0.05, 0) is 209 Å². The molecule has 0 fully saturated rings. The minimum Gasteiger partial charge on any atom is -0.452 e. The summed E-state index contributed by atoms with van der Waals surface area (Å²) in [6, 6.07) is 3.73. The number of hydrogen-bond donors (Lipinski definition) is 0. The second-order valence-electron chi connectivity index (χ2n) is 17.4. The van der Waals surface area contributed by atoms with Gasteiger partial charge in [-0.1, -0.05) is 34.6 Å². The molecular formula is C51H60NORf-. The Labute approximate surface area is 320 Å². The standard InChI is InChI=1S/C51H60NO.Rf/c1-22-21-23(2)44-42(24(22)3)43-31(10)30(9)40(38(17)45(43)51(44,19)20)41-32(11)36(15)48-50(39(41)18)53-49-37(16)29(8)28(7)35(14)47(49)52(48)46-33(12)26(5)25(4)27(6)34(46)13;/h1-20H3;/q-1;. The molecule has 1 heterocycles. The zero-order chi connectivity index (χ0) is 39.2. The molecule has 3 heteroatoms. The van der Waals surface area contributed by atoms with Crippen LogP contribution in [-0.4, -0.2) is 0 Å². The average molecular weight is 970 g/mol. The molecule has 5 aromatic rings. The van der Waals surface area contributed by atoms with Crippen LogP contribution in [0, 0.1) is 131 Å². The van der Waals surface area contributed by atoms with Gasteiger partial charge in [0.2, 0.25) is 0 Å². The molecular weight excluding hydrogens is 910 g/mol. The van der Waals surface area contributed by atoms with Gasteiger partial charge in [-0.2, -0.15) is 17.2 Å². The molecule has 0 bridgehead atoms. The Morgan fingerprint density at radius 1 is 0.352 bits per heavy atom. The van der Waals surface area contributed by atoms with E-state index in [4.69, 9.17) is 4.74 Å². The number of benzene rings is 5. The quantitative estimate of drug-likeness (QED) is 0.160. The molecule has 0 amide bonds. The maximum Gasteiger partial charge on any atom is 0.155 e. The Kier molecular flexibility index (Phi) is 8.61. The molecule has 5 aromatic carbocycles. The zero-order valence-electron chi connectivity index (χ0n) is 37.1. The Bertz CT molecular complexity index is 2470. The van der Waals surface area contributed by atoms with Crippen LogP contribution in [0.1, 0.15) is 125 Å². The third-order valence-corrected chi connectivity index (χ3v) is 14.7. The number of rotatable bonds is 2. The van der Waals surface area contributed by atoms with Gasteiger partial charge in [0.1, 0.15) is 0 Å². The topological polar surface area (TPSA) is 12.5 Å². The smallest absolute Gasteiger partial charge is 0.155 e. The first-order chi connectivity index (χ1) is 24.6. The summed E-state index contributed by atoms with van der Waals surface area (Å²) in [6.45, 7) is 46.2. The fourth-order valence-corrected chi connectivity index (χ4v) is 10.6. The summed E-state index contributed by atoms with van der Waals surface area (Å²) >= 11 is 0. The SMILES string of the molecule is Cc1[c-]c(C)c2c(c1C)-c1c(C)c(C)c(-c3c(C)c(C)c4c(c3C)Oc3c(C)c(C)c(C)c(C)c3N4c3c(C)c(C)c(C)c(C)c3C)c(C)c1C2(C)C.[Rf]. The summed E-state index contributed by atoms with van der Waals surface area (Å²) in [5, 5.41) is 0.